The van der Waals surface area contributed by atoms with Gasteiger partial charge in [-0.2, -0.15) is 0 Å². The third kappa shape index (κ3) is 3.32. The van der Waals surface area contributed by atoms with Crippen LogP contribution in [0.3, 0.4) is 0 Å². The van der Waals surface area contributed by atoms with Crippen LogP contribution < -0.4 is 0 Å². The van der Waals surface area contributed by atoms with Crippen molar-refractivity contribution in [1.29, 1.82) is 0 Å². The van der Waals surface area contributed by atoms with Crippen LogP contribution in [-0.4, -0.2) is 11.1 Å². The molecule has 1 fully saturated rings. The Hall–Kier alpha value is -0.530. The van der Waals surface area contributed by atoms with Crippen molar-refractivity contribution in [3.8, 4) is 0 Å². The lowest BCUT2D eigenvalue weighted by molar-refractivity contribution is -0.139. The van der Waals surface area contributed by atoms with Crippen LogP contribution in [0.2, 0.25) is 0 Å². The molecule has 1 N–H and O–H groups in total. The number of hydrogen-bond acceptors (Lipinski definition) is 1. The van der Waals surface area contributed by atoms with E-state index in [2.05, 4.69) is 13.8 Å². The highest BCUT2D eigenvalue weighted by Gasteiger charge is 2.27. The summed E-state index contributed by atoms with van der Waals surface area (Å²) in [4.78, 5) is 10.8. The summed E-state index contributed by atoms with van der Waals surface area (Å²) in [6.07, 6.45) is 6.80. The summed E-state index contributed by atoms with van der Waals surface area (Å²) in [5.74, 6) is 0.941. The van der Waals surface area contributed by atoms with Gasteiger partial charge in [-0.3, -0.25) is 4.79 Å². The first-order chi connectivity index (χ1) is 6.61. The number of carboxylic acids is 1. The summed E-state index contributed by atoms with van der Waals surface area (Å²) in [7, 11) is 0. The average Bonchev–Trinajstić information content (AvgIpc) is 2.15. The summed E-state index contributed by atoms with van der Waals surface area (Å²) in [5, 5.41) is 8.86. The molecule has 0 heterocycles. The van der Waals surface area contributed by atoms with Crippen LogP contribution in [0, 0.1) is 17.8 Å². The standard InChI is InChI=1S/C12H22O2/c1-9(2)11(8-12(13)14)10-6-4-3-5-7-10/h9-11H,3-8H2,1-2H3,(H,13,14). The maximum atomic E-state index is 10.8. The quantitative estimate of drug-likeness (QED) is 0.752. The molecule has 2 heteroatoms. The Morgan fingerprint density at radius 3 is 2.29 bits per heavy atom. The molecule has 0 saturated heterocycles. The van der Waals surface area contributed by atoms with Crippen LogP contribution >= 0.6 is 0 Å². The molecule has 0 aromatic carbocycles. The van der Waals surface area contributed by atoms with Gasteiger partial charge in [-0.05, 0) is 17.8 Å². The van der Waals surface area contributed by atoms with Crippen molar-refractivity contribution in [3.63, 3.8) is 0 Å². The van der Waals surface area contributed by atoms with Crippen molar-refractivity contribution >= 4 is 5.97 Å². The molecule has 1 atom stereocenters. The molecule has 1 unspecified atom stereocenters. The Kier molecular flexibility index (Phi) is 4.43. The van der Waals surface area contributed by atoms with Crippen LogP contribution in [0.15, 0.2) is 0 Å². The fourth-order valence-corrected chi connectivity index (χ4v) is 2.71. The lowest BCUT2D eigenvalue weighted by atomic mass is 9.74. The Labute approximate surface area is 86.7 Å². The maximum absolute atomic E-state index is 10.8. The van der Waals surface area contributed by atoms with Crippen molar-refractivity contribution < 1.29 is 9.90 Å². The van der Waals surface area contributed by atoms with Crippen molar-refractivity contribution in [2.24, 2.45) is 17.8 Å². The first kappa shape index (κ1) is 11.5. The smallest absolute Gasteiger partial charge is 0.303 e. The Balaban J connectivity index is 2.51. The highest BCUT2D eigenvalue weighted by molar-refractivity contribution is 5.67. The molecular weight excluding hydrogens is 176 g/mol. The number of aliphatic carboxylic acids is 1. The molecule has 0 aliphatic heterocycles. The van der Waals surface area contributed by atoms with Gasteiger partial charge in [0.15, 0.2) is 0 Å². The molecule has 0 aromatic rings. The van der Waals surface area contributed by atoms with E-state index in [4.69, 9.17) is 5.11 Å². The SMILES string of the molecule is CC(C)C(CC(=O)O)C1CCCCC1. The van der Waals surface area contributed by atoms with E-state index in [1.165, 1.54) is 32.1 Å². The molecule has 14 heavy (non-hydrogen) atoms. The van der Waals surface area contributed by atoms with Crippen LogP contribution in [0.4, 0.5) is 0 Å². The van der Waals surface area contributed by atoms with Crippen LogP contribution in [-0.2, 0) is 4.79 Å². The molecule has 2 nitrogen and oxygen atoms in total. The van der Waals surface area contributed by atoms with E-state index in [0.29, 0.717) is 24.2 Å². The van der Waals surface area contributed by atoms with Crippen LogP contribution in [0.5, 0.6) is 0 Å². The van der Waals surface area contributed by atoms with Crippen LogP contribution in [0.25, 0.3) is 0 Å². The Bertz CT molecular complexity index is 181. The highest BCUT2D eigenvalue weighted by Crippen LogP contribution is 2.35. The van der Waals surface area contributed by atoms with Gasteiger partial charge in [0.1, 0.15) is 0 Å². The summed E-state index contributed by atoms with van der Waals surface area (Å²) >= 11 is 0. The Morgan fingerprint density at radius 1 is 1.29 bits per heavy atom. The van der Waals surface area contributed by atoms with Crippen molar-refractivity contribution in [2.45, 2.75) is 52.4 Å². The molecule has 0 radical (unpaired) electrons. The monoisotopic (exact) mass is 198 g/mol. The molecule has 82 valence electrons. The number of rotatable bonds is 4. The lowest BCUT2D eigenvalue weighted by Crippen LogP contribution is -2.25. The van der Waals surface area contributed by atoms with E-state index in [0.717, 1.165) is 0 Å². The topological polar surface area (TPSA) is 37.3 Å². The first-order valence-electron chi connectivity index (χ1n) is 5.83. The van der Waals surface area contributed by atoms with Crippen molar-refractivity contribution in [3.05, 3.63) is 0 Å². The van der Waals surface area contributed by atoms with E-state index >= 15 is 0 Å². The maximum Gasteiger partial charge on any atom is 0.303 e. The van der Waals surface area contributed by atoms with Gasteiger partial charge in [-0.1, -0.05) is 46.0 Å². The van der Waals surface area contributed by atoms with Crippen LogP contribution in [0.1, 0.15) is 52.4 Å². The number of hydrogen-bond donors (Lipinski definition) is 1. The second-order valence-corrected chi connectivity index (χ2v) is 4.90. The predicted octanol–water partition coefficient (Wildman–Crippen LogP) is 3.31. The van der Waals surface area contributed by atoms with Gasteiger partial charge in [0.25, 0.3) is 0 Å². The zero-order chi connectivity index (χ0) is 10.6. The number of carboxylic acid groups (broad SMARTS) is 1. The van der Waals surface area contributed by atoms with Crippen molar-refractivity contribution in [1.82, 2.24) is 0 Å². The second kappa shape index (κ2) is 5.38. The molecule has 0 bridgehead atoms. The summed E-state index contributed by atoms with van der Waals surface area (Å²) in [6.45, 7) is 4.31. The first-order valence-corrected chi connectivity index (χ1v) is 5.83. The molecular formula is C12H22O2. The second-order valence-electron chi connectivity index (χ2n) is 4.90. The molecule has 1 aliphatic rings. The van der Waals surface area contributed by atoms with Gasteiger partial charge in [0, 0.05) is 6.42 Å². The van der Waals surface area contributed by atoms with Gasteiger partial charge in [0.2, 0.25) is 0 Å². The minimum Gasteiger partial charge on any atom is -0.481 e. The van der Waals surface area contributed by atoms with Gasteiger partial charge < -0.3 is 5.11 Å². The zero-order valence-electron chi connectivity index (χ0n) is 9.33. The third-order valence-electron chi connectivity index (χ3n) is 3.52. The molecule has 0 aromatic heterocycles. The molecule has 0 amide bonds. The summed E-state index contributed by atoms with van der Waals surface area (Å²) in [5.41, 5.74) is 0. The zero-order valence-corrected chi connectivity index (χ0v) is 9.33. The molecule has 1 aliphatic carbocycles. The predicted molar refractivity (Wildman–Crippen MR) is 57.2 cm³/mol. The summed E-state index contributed by atoms with van der Waals surface area (Å²) in [6, 6.07) is 0. The van der Waals surface area contributed by atoms with Gasteiger partial charge in [0.05, 0.1) is 0 Å². The van der Waals surface area contributed by atoms with E-state index in [9.17, 15) is 4.79 Å². The summed E-state index contributed by atoms with van der Waals surface area (Å²) < 4.78 is 0. The van der Waals surface area contributed by atoms with E-state index in [1.54, 1.807) is 0 Å². The van der Waals surface area contributed by atoms with E-state index < -0.39 is 5.97 Å². The minimum atomic E-state index is -0.630. The Morgan fingerprint density at radius 2 is 1.86 bits per heavy atom. The molecule has 0 spiro atoms. The number of carbonyl (C=O) groups is 1. The fraction of sp³-hybridized carbons (Fsp3) is 0.917. The average molecular weight is 198 g/mol. The van der Waals surface area contributed by atoms with Crippen molar-refractivity contribution in [2.75, 3.05) is 0 Å². The molecule has 1 rings (SSSR count). The third-order valence-corrected chi connectivity index (χ3v) is 3.52. The van der Waals surface area contributed by atoms with E-state index in [-0.39, 0.29) is 0 Å². The van der Waals surface area contributed by atoms with Gasteiger partial charge >= 0.3 is 5.97 Å². The highest BCUT2D eigenvalue weighted by atomic mass is 16.4. The fourth-order valence-electron chi connectivity index (χ4n) is 2.71. The lowest BCUT2D eigenvalue weighted by Gasteiger charge is -2.32. The minimum absolute atomic E-state index is 0.363. The van der Waals surface area contributed by atoms with Gasteiger partial charge in [-0.25, -0.2) is 0 Å². The van der Waals surface area contributed by atoms with Gasteiger partial charge in [-0.15, -0.1) is 0 Å². The largest absolute Gasteiger partial charge is 0.481 e. The normalized spacial score (nSPS) is 21.1. The van der Waals surface area contributed by atoms with E-state index in [1.807, 2.05) is 0 Å². The molecule has 1 saturated carbocycles.